The number of benzene rings is 1. The van der Waals surface area contributed by atoms with Gasteiger partial charge in [0, 0.05) is 19.0 Å². The average Bonchev–Trinajstić information content (AvgIpc) is 2.50. The molecule has 1 unspecified atom stereocenters. The van der Waals surface area contributed by atoms with E-state index in [1.807, 2.05) is 13.8 Å². The van der Waals surface area contributed by atoms with Crippen LogP contribution in [0.15, 0.2) is 18.2 Å². The molecule has 0 aliphatic carbocycles. The van der Waals surface area contributed by atoms with Gasteiger partial charge in [0.1, 0.15) is 5.75 Å². The highest BCUT2D eigenvalue weighted by Crippen LogP contribution is 2.32. The first-order valence-corrected chi connectivity index (χ1v) is 6.12. The summed E-state index contributed by atoms with van der Waals surface area (Å²) in [6.07, 6.45) is 0.452. The minimum Gasteiger partial charge on any atom is -0.491 e. The molecule has 4 heteroatoms. The molecule has 1 aliphatic rings. The number of nitrogens with zero attached hydrogens (tertiary/aromatic N) is 1. The van der Waals surface area contributed by atoms with Crippen LogP contribution < -0.4 is 9.64 Å². The van der Waals surface area contributed by atoms with Gasteiger partial charge in [-0.25, -0.2) is 0 Å². The maximum Gasteiger partial charge on any atom is 0.233 e. The summed E-state index contributed by atoms with van der Waals surface area (Å²) in [5.74, 6) is 0.557. The fourth-order valence-electron chi connectivity index (χ4n) is 2.01. The van der Waals surface area contributed by atoms with Gasteiger partial charge in [0.25, 0.3) is 0 Å². The molecule has 0 fully saturated rings. The number of amides is 1. The normalized spacial score (nSPS) is 18.9. The van der Waals surface area contributed by atoms with Gasteiger partial charge in [-0.05, 0) is 18.2 Å². The molecular formula is C14H17NO3. The van der Waals surface area contributed by atoms with Gasteiger partial charge in [-0.2, -0.15) is 0 Å². The second-order valence-electron chi connectivity index (χ2n) is 4.57. The number of hydrogen-bond acceptors (Lipinski definition) is 3. The molecule has 2 rings (SSSR count). The Morgan fingerprint density at radius 3 is 2.89 bits per heavy atom. The second-order valence-corrected chi connectivity index (χ2v) is 4.57. The molecular weight excluding hydrogens is 230 g/mol. The van der Waals surface area contributed by atoms with Gasteiger partial charge in [0.15, 0.2) is 5.78 Å². The van der Waals surface area contributed by atoms with Crippen molar-refractivity contribution in [1.29, 1.82) is 0 Å². The predicted molar refractivity (Wildman–Crippen MR) is 69.1 cm³/mol. The monoisotopic (exact) mass is 247 g/mol. The Kier molecular flexibility index (Phi) is 3.36. The van der Waals surface area contributed by atoms with E-state index in [4.69, 9.17) is 4.74 Å². The second kappa shape index (κ2) is 4.80. The lowest BCUT2D eigenvalue weighted by Crippen LogP contribution is -2.31. The van der Waals surface area contributed by atoms with Crippen molar-refractivity contribution in [1.82, 2.24) is 0 Å². The van der Waals surface area contributed by atoms with Crippen LogP contribution in [0.4, 0.5) is 5.69 Å². The molecule has 1 amide bonds. The summed E-state index contributed by atoms with van der Waals surface area (Å²) < 4.78 is 5.60. The van der Waals surface area contributed by atoms with E-state index >= 15 is 0 Å². The molecule has 0 saturated heterocycles. The Hall–Kier alpha value is -1.84. The summed E-state index contributed by atoms with van der Waals surface area (Å²) in [5, 5.41) is 0. The fourth-order valence-corrected chi connectivity index (χ4v) is 2.01. The number of anilines is 1. The fraction of sp³-hybridized carbons (Fsp3) is 0.429. The lowest BCUT2D eigenvalue weighted by Gasteiger charge is -2.18. The highest BCUT2D eigenvalue weighted by Gasteiger charge is 2.26. The molecule has 1 aliphatic heterocycles. The Morgan fingerprint density at radius 2 is 2.22 bits per heavy atom. The summed E-state index contributed by atoms with van der Waals surface area (Å²) >= 11 is 0. The van der Waals surface area contributed by atoms with E-state index in [0.29, 0.717) is 30.0 Å². The lowest BCUT2D eigenvalue weighted by atomic mass is 10.1. The van der Waals surface area contributed by atoms with Crippen molar-refractivity contribution >= 4 is 17.4 Å². The minimum absolute atomic E-state index is 0.00912. The van der Waals surface area contributed by atoms with Crippen LogP contribution in [-0.2, 0) is 4.79 Å². The first kappa shape index (κ1) is 12.6. The molecule has 0 spiro atoms. The average molecular weight is 247 g/mol. The smallest absolute Gasteiger partial charge is 0.233 e. The van der Waals surface area contributed by atoms with Crippen LogP contribution in [0.3, 0.4) is 0 Å². The van der Waals surface area contributed by atoms with Crippen molar-refractivity contribution < 1.29 is 14.3 Å². The first-order chi connectivity index (χ1) is 8.54. The van der Waals surface area contributed by atoms with Gasteiger partial charge >= 0.3 is 0 Å². The van der Waals surface area contributed by atoms with Crippen LogP contribution >= 0.6 is 0 Å². The maximum atomic E-state index is 12.0. The predicted octanol–water partition coefficient (Wildman–Crippen LogP) is 2.27. The third-order valence-corrected chi connectivity index (χ3v) is 3.20. The Bertz CT molecular complexity index is 496. The van der Waals surface area contributed by atoms with Crippen molar-refractivity contribution in [3.05, 3.63) is 23.8 Å². The summed E-state index contributed by atoms with van der Waals surface area (Å²) in [5.41, 5.74) is 1.29. The summed E-state index contributed by atoms with van der Waals surface area (Å²) in [6, 6.07) is 5.25. The van der Waals surface area contributed by atoms with Crippen LogP contribution in [-0.4, -0.2) is 25.3 Å². The summed E-state index contributed by atoms with van der Waals surface area (Å²) in [6.45, 7) is 4.03. The lowest BCUT2D eigenvalue weighted by molar-refractivity contribution is -0.122. The Morgan fingerprint density at radius 1 is 1.50 bits per heavy atom. The molecule has 1 aromatic carbocycles. The number of rotatable bonds is 2. The summed E-state index contributed by atoms with van der Waals surface area (Å²) in [4.78, 5) is 25.3. The molecule has 4 nitrogen and oxygen atoms in total. The van der Waals surface area contributed by atoms with Crippen molar-refractivity contribution in [2.45, 2.75) is 20.3 Å². The van der Waals surface area contributed by atoms with Gasteiger partial charge in [-0.15, -0.1) is 0 Å². The number of ether oxygens (including phenoxy) is 1. The van der Waals surface area contributed by atoms with Crippen molar-refractivity contribution in [3.63, 3.8) is 0 Å². The highest BCUT2D eigenvalue weighted by molar-refractivity contribution is 6.01. The standard InChI is InChI=1S/C14H17NO3/c1-4-12(16)10-5-6-13-11(7-10)15(3)14(17)9(2)8-18-13/h5-7,9H,4,8H2,1-3H3. The maximum absolute atomic E-state index is 12.0. The molecule has 1 aromatic rings. The number of Topliss-reactive ketones (excluding diaryl/α,β-unsaturated/α-hetero) is 1. The molecule has 0 saturated carbocycles. The van der Waals surface area contributed by atoms with Crippen LogP contribution in [0.5, 0.6) is 5.75 Å². The van der Waals surface area contributed by atoms with Gasteiger partial charge in [-0.3, -0.25) is 9.59 Å². The number of carbonyl (C=O) groups is 2. The van der Waals surface area contributed by atoms with E-state index in [1.54, 1.807) is 30.1 Å². The van der Waals surface area contributed by atoms with Crippen molar-refractivity contribution in [2.24, 2.45) is 5.92 Å². The van der Waals surface area contributed by atoms with Gasteiger partial charge in [-0.1, -0.05) is 13.8 Å². The van der Waals surface area contributed by atoms with Crippen molar-refractivity contribution in [2.75, 3.05) is 18.6 Å². The third kappa shape index (κ3) is 2.10. The van der Waals surface area contributed by atoms with E-state index in [-0.39, 0.29) is 17.6 Å². The number of fused-ring (bicyclic) bond motifs is 1. The number of ketones is 1. The SMILES string of the molecule is CCC(=O)c1ccc2c(c1)N(C)C(=O)C(C)CO2. The van der Waals surface area contributed by atoms with E-state index in [1.165, 1.54) is 0 Å². The van der Waals surface area contributed by atoms with E-state index in [9.17, 15) is 9.59 Å². The Labute approximate surface area is 107 Å². The van der Waals surface area contributed by atoms with Crippen LogP contribution in [0.1, 0.15) is 30.6 Å². The van der Waals surface area contributed by atoms with Crippen LogP contribution in [0.2, 0.25) is 0 Å². The first-order valence-electron chi connectivity index (χ1n) is 6.12. The molecule has 18 heavy (non-hydrogen) atoms. The zero-order valence-corrected chi connectivity index (χ0v) is 10.9. The van der Waals surface area contributed by atoms with Gasteiger partial charge in [0.05, 0.1) is 18.2 Å². The van der Waals surface area contributed by atoms with E-state index in [0.717, 1.165) is 0 Å². The van der Waals surface area contributed by atoms with Crippen LogP contribution in [0, 0.1) is 5.92 Å². The molecule has 0 bridgehead atoms. The third-order valence-electron chi connectivity index (χ3n) is 3.20. The number of carbonyl (C=O) groups excluding carboxylic acids is 2. The highest BCUT2D eigenvalue weighted by atomic mass is 16.5. The zero-order chi connectivity index (χ0) is 13.3. The van der Waals surface area contributed by atoms with E-state index in [2.05, 4.69) is 0 Å². The molecule has 0 radical (unpaired) electrons. The van der Waals surface area contributed by atoms with Gasteiger partial charge in [0.2, 0.25) is 5.91 Å². The Balaban J connectivity index is 2.45. The quantitative estimate of drug-likeness (QED) is 0.753. The molecule has 1 heterocycles. The molecule has 96 valence electrons. The van der Waals surface area contributed by atoms with E-state index < -0.39 is 0 Å². The number of hydrogen-bond donors (Lipinski definition) is 0. The molecule has 0 N–H and O–H groups in total. The molecule has 0 aromatic heterocycles. The van der Waals surface area contributed by atoms with Gasteiger partial charge < -0.3 is 9.64 Å². The molecule has 1 atom stereocenters. The zero-order valence-electron chi connectivity index (χ0n) is 10.9. The minimum atomic E-state index is -0.173. The van der Waals surface area contributed by atoms with Crippen molar-refractivity contribution in [3.8, 4) is 5.75 Å². The largest absolute Gasteiger partial charge is 0.491 e. The van der Waals surface area contributed by atoms with Crippen LogP contribution in [0.25, 0.3) is 0 Å². The summed E-state index contributed by atoms with van der Waals surface area (Å²) in [7, 11) is 1.71. The topological polar surface area (TPSA) is 46.6 Å².